The molecule has 0 bridgehead atoms. The molecule has 1 aromatic rings. The van der Waals surface area contributed by atoms with E-state index >= 15 is 0 Å². The van der Waals surface area contributed by atoms with Crippen LogP contribution in [-0.4, -0.2) is 26.7 Å². The molecule has 0 saturated carbocycles. The second-order valence-corrected chi connectivity index (χ2v) is 5.00. The quantitative estimate of drug-likeness (QED) is 0.514. The fourth-order valence-electron chi connectivity index (χ4n) is 1.76. The number of nitro benzene ring substituents is 1. The highest BCUT2D eigenvalue weighted by Crippen LogP contribution is 2.28. The van der Waals surface area contributed by atoms with Crippen LogP contribution in [-0.2, 0) is 11.3 Å². The van der Waals surface area contributed by atoms with Gasteiger partial charge in [0.1, 0.15) is 5.69 Å². The van der Waals surface area contributed by atoms with Crippen molar-refractivity contribution in [2.45, 2.75) is 13.0 Å². The molecule has 1 aliphatic heterocycles. The molecule has 0 radical (unpaired) electrons. The van der Waals surface area contributed by atoms with Crippen molar-refractivity contribution < 1.29 is 14.5 Å². The lowest BCUT2D eigenvalue weighted by atomic mass is 10.1. The third-order valence-electron chi connectivity index (χ3n) is 2.76. The summed E-state index contributed by atoms with van der Waals surface area (Å²) in [6.07, 6.45) is 0.283. The number of nitrogens with zero attached hydrogens (tertiary/aromatic N) is 2. The van der Waals surface area contributed by atoms with Crippen LogP contribution >= 0.6 is 11.8 Å². The second kappa shape index (κ2) is 5.27. The van der Waals surface area contributed by atoms with Crippen LogP contribution in [0.3, 0.4) is 0 Å². The van der Waals surface area contributed by atoms with E-state index in [2.05, 4.69) is 0 Å². The standard InChI is InChI=1S/C11H11N3O4S/c12-10-7(2-1-3-8(10)14(17)18)6-13-9(15)4-5-19-11(13)16/h1-3H,4-6,12H2. The van der Waals surface area contributed by atoms with Gasteiger partial charge in [-0.05, 0) is 0 Å². The Hall–Kier alpha value is -2.09. The molecule has 1 saturated heterocycles. The number of rotatable bonds is 3. The number of hydrogen-bond donors (Lipinski definition) is 1. The molecular formula is C11H11N3O4S. The molecular weight excluding hydrogens is 270 g/mol. The number of anilines is 1. The Morgan fingerprint density at radius 3 is 2.79 bits per heavy atom. The first kappa shape index (κ1) is 13.3. The summed E-state index contributed by atoms with van der Waals surface area (Å²) in [5, 5.41) is 10.4. The van der Waals surface area contributed by atoms with Gasteiger partial charge in [0.15, 0.2) is 0 Å². The second-order valence-electron chi connectivity index (χ2n) is 3.95. The number of carbonyl (C=O) groups excluding carboxylic acids is 2. The summed E-state index contributed by atoms with van der Waals surface area (Å²) >= 11 is 1.06. The Morgan fingerprint density at radius 1 is 1.42 bits per heavy atom. The number of thioether (sulfide) groups is 1. The van der Waals surface area contributed by atoms with Crippen molar-refractivity contribution >= 4 is 34.3 Å². The van der Waals surface area contributed by atoms with Gasteiger partial charge in [-0.3, -0.25) is 24.6 Å². The monoisotopic (exact) mass is 281 g/mol. The van der Waals surface area contributed by atoms with E-state index in [-0.39, 0.29) is 35.5 Å². The minimum atomic E-state index is -0.590. The molecule has 1 heterocycles. The summed E-state index contributed by atoms with van der Waals surface area (Å²) in [6, 6.07) is 4.34. The van der Waals surface area contributed by atoms with Crippen molar-refractivity contribution in [3.8, 4) is 0 Å². The lowest BCUT2D eigenvalue weighted by molar-refractivity contribution is -0.384. The van der Waals surface area contributed by atoms with Crippen molar-refractivity contribution in [3.05, 3.63) is 33.9 Å². The van der Waals surface area contributed by atoms with Gasteiger partial charge in [0, 0.05) is 23.8 Å². The van der Waals surface area contributed by atoms with Crippen molar-refractivity contribution in [1.29, 1.82) is 0 Å². The third-order valence-corrected chi connectivity index (χ3v) is 3.64. The number of nitro groups is 1. The van der Waals surface area contributed by atoms with Crippen molar-refractivity contribution in [1.82, 2.24) is 4.90 Å². The summed E-state index contributed by atoms with van der Waals surface area (Å²) in [4.78, 5) is 34.5. The number of imide groups is 1. The molecule has 0 unspecified atom stereocenters. The van der Waals surface area contributed by atoms with Crippen LogP contribution < -0.4 is 5.73 Å². The van der Waals surface area contributed by atoms with Crippen molar-refractivity contribution in [2.24, 2.45) is 0 Å². The maximum Gasteiger partial charge on any atom is 0.292 e. The van der Waals surface area contributed by atoms with Crippen LogP contribution in [0.2, 0.25) is 0 Å². The van der Waals surface area contributed by atoms with Crippen LogP contribution in [0.25, 0.3) is 0 Å². The van der Waals surface area contributed by atoms with Gasteiger partial charge in [-0.1, -0.05) is 23.9 Å². The Kier molecular flexibility index (Phi) is 3.70. The van der Waals surface area contributed by atoms with Crippen molar-refractivity contribution in [2.75, 3.05) is 11.5 Å². The summed E-state index contributed by atoms with van der Waals surface area (Å²) in [7, 11) is 0. The molecule has 0 aliphatic carbocycles. The molecule has 100 valence electrons. The summed E-state index contributed by atoms with van der Waals surface area (Å²) in [5.74, 6) is 0.188. The van der Waals surface area contributed by atoms with Crippen LogP contribution in [0.4, 0.5) is 16.2 Å². The first-order valence-electron chi connectivity index (χ1n) is 5.49. The zero-order valence-corrected chi connectivity index (χ0v) is 10.7. The Bertz CT molecular complexity index is 545. The Morgan fingerprint density at radius 2 is 2.16 bits per heavy atom. The van der Waals surface area contributed by atoms with Gasteiger partial charge in [-0.25, -0.2) is 0 Å². The lowest BCUT2D eigenvalue weighted by Gasteiger charge is -2.24. The highest BCUT2D eigenvalue weighted by Gasteiger charge is 2.28. The van der Waals surface area contributed by atoms with Gasteiger partial charge in [0.2, 0.25) is 5.91 Å². The number of carbonyl (C=O) groups is 2. The van der Waals surface area contributed by atoms with E-state index in [0.29, 0.717) is 11.3 Å². The van der Waals surface area contributed by atoms with E-state index < -0.39 is 4.92 Å². The lowest BCUT2D eigenvalue weighted by Crippen LogP contribution is -2.37. The molecule has 1 fully saturated rings. The summed E-state index contributed by atoms with van der Waals surface area (Å²) in [6.45, 7) is -0.0296. The fourth-order valence-corrected chi connectivity index (χ4v) is 2.53. The minimum absolute atomic E-state index is 0.0105. The molecule has 19 heavy (non-hydrogen) atoms. The normalized spacial score (nSPS) is 15.7. The van der Waals surface area contributed by atoms with E-state index in [4.69, 9.17) is 5.73 Å². The van der Waals surface area contributed by atoms with E-state index in [9.17, 15) is 19.7 Å². The number of nitrogen functional groups attached to an aromatic ring is 1. The van der Waals surface area contributed by atoms with Gasteiger partial charge in [-0.2, -0.15) is 0 Å². The van der Waals surface area contributed by atoms with Gasteiger partial charge >= 0.3 is 0 Å². The van der Waals surface area contributed by atoms with Gasteiger partial charge in [0.25, 0.3) is 10.9 Å². The van der Waals surface area contributed by atoms with Gasteiger partial charge in [0.05, 0.1) is 11.5 Å². The molecule has 0 atom stereocenters. The largest absolute Gasteiger partial charge is 0.393 e. The average Bonchev–Trinajstić information content (AvgIpc) is 2.35. The number of para-hydroxylation sites is 1. The molecule has 2 amide bonds. The molecule has 1 aromatic carbocycles. The van der Waals surface area contributed by atoms with Gasteiger partial charge in [-0.15, -0.1) is 0 Å². The number of nitrogens with two attached hydrogens (primary N) is 1. The summed E-state index contributed by atoms with van der Waals surface area (Å²) < 4.78 is 0. The highest BCUT2D eigenvalue weighted by atomic mass is 32.2. The number of benzene rings is 1. The van der Waals surface area contributed by atoms with E-state index in [1.165, 1.54) is 12.1 Å². The van der Waals surface area contributed by atoms with Crippen LogP contribution in [0.15, 0.2) is 18.2 Å². The molecule has 0 spiro atoms. The predicted molar refractivity (Wildman–Crippen MR) is 70.5 cm³/mol. The zero-order chi connectivity index (χ0) is 14.0. The molecule has 2 N–H and O–H groups in total. The minimum Gasteiger partial charge on any atom is -0.393 e. The number of hydrogen-bond acceptors (Lipinski definition) is 6. The van der Waals surface area contributed by atoms with E-state index in [1.54, 1.807) is 6.07 Å². The third kappa shape index (κ3) is 2.68. The Balaban J connectivity index is 2.28. The topological polar surface area (TPSA) is 107 Å². The molecule has 1 aliphatic rings. The fraction of sp³-hybridized carbons (Fsp3) is 0.273. The zero-order valence-electron chi connectivity index (χ0n) is 9.87. The molecule has 0 aromatic heterocycles. The summed E-state index contributed by atoms with van der Waals surface area (Å²) in [5.41, 5.74) is 5.87. The van der Waals surface area contributed by atoms with E-state index in [0.717, 1.165) is 16.7 Å². The molecule has 7 nitrogen and oxygen atoms in total. The highest BCUT2D eigenvalue weighted by molar-refractivity contribution is 8.13. The van der Waals surface area contributed by atoms with Crippen molar-refractivity contribution in [3.63, 3.8) is 0 Å². The van der Waals surface area contributed by atoms with Crippen LogP contribution in [0, 0.1) is 10.1 Å². The maximum absolute atomic E-state index is 11.7. The smallest absolute Gasteiger partial charge is 0.292 e. The first-order chi connectivity index (χ1) is 9.00. The maximum atomic E-state index is 11.7. The first-order valence-corrected chi connectivity index (χ1v) is 6.48. The predicted octanol–water partition coefficient (Wildman–Crippen LogP) is 1.76. The van der Waals surface area contributed by atoms with Gasteiger partial charge < -0.3 is 5.73 Å². The SMILES string of the molecule is Nc1c(CN2C(=O)CCSC2=O)cccc1[N+](=O)[O-]. The molecule has 8 heteroatoms. The number of amides is 2. The van der Waals surface area contributed by atoms with Crippen LogP contribution in [0.5, 0.6) is 0 Å². The molecule has 2 rings (SSSR count). The average molecular weight is 281 g/mol. The van der Waals surface area contributed by atoms with E-state index in [1.807, 2.05) is 0 Å². The van der Waals surface area contributed by atoms with Crippen LogP contribution in [0.1, 0.15) is 12.0 Å². The Labute approximate surface area is 112 Å².